The maximum absolute atomic E-state index is 5.97. The third-order valence-electron chi connectivity index (χ3n) is 3.63. The van der Waals surface area contributed by atoms with Crippen molar-refractivity contribution in [3.05, 3.63) is 47.7 Å². The van der Waals surface area contributed by atoms with Crippen LogP contribution >= 0.6 is 11.6 Å². The molecule has 24 heavy (non-hydrogen) atoms. The summed E-state index contributed by atoms with van der Waals surface area (Å²) in [4.78, 5) is 12.8. The molecule has 0 saturated heterocycles. The van der Waals surface area contributed by atoms with Gasteiger partial charge < -0.3 is 9.15 Å². The molecule has 3 heterocycles. The number of rotatable bonds is 5. The van der Waals surface area contributed by atoms with Gasteiger partial charge >= 0.3 is 6.01 Å². The fraction of sp³-hybridized carbons (Fsp3) is 0.250. The third kappa shape index (κ3) is 3.03. The van der Waals surface area contributed by atoms with Crippen molar-refractivity contribution in [1.29, 1.82) is 0 Å². The Morgan fingerprint density at radius 1 is 1.17 bits per heavy atom. The molecule has 0 unspecified atom stereocenters. The first kappa shape index (κ1) is 14.9. The summed E-state index contributed by atoms with van der Waals surface area (Å²) < 4.78 is 12.9. The normalized spacial score (nSPS) is 13.8. The molecule has 1 aliphatic heterocycles. The third-order valence-corrected chi connectivity index (χ3v) is 3.88. The van der Waals surface area contributed by atoms with Crippen LogP contribution in [0, 0.1) is 0 Å². The van der Waals surface area contributed by atoms with Gasteiger partial charge in [-0.05, 0) is 12.1 Å². The van der Waals surface area contributed by atoms with Gasteiger partial charge in [0.1, 0.15) is 30.7 Å². The molecular weight excluding hydrogens is 330 g/mol. The lowest BCUT2D eigenvalue weighted by atomic mass is 10.1. The fourth-order valence-electron chi connectivity index (χ4n) is 2.50. The van der Waals surface area contributed by atoms with Crippen LogP contribution in [0.15, 0.2) is 46.3 Å². The number of halogens is 1. The number of aromatic nitrogens is 4. The maximum Gasteiger partial charge on any atom is 0.325 e. The van der Waals surface area contributed by atoms with E-state index in [0.717, 1.165) is 29.5 Å². The van der Waals surface area contributed by atoms with E-state index in [1.54, 1.807) is 6.33 Å². The van der Waals surface area contributed by atoms with Gasteiger partial charge in [0.15, 0.2) is 5.90 Å². The van der Waals surface area contributed by atoms with E-state index in [1.807, 2.05) is 24.3 Å². The van der Waals surface area contributed by atoms with Crippen molar-refractivity contribution < 1.29 is 9.15 Å². The summed E-state index contributed by atoms with van der Waals surface area (Å²) in [5.74, 6) is 1.51. The first-order chi connectivity index (χ1) is 11.8. The molecule has 0 aliphatic carbocycles. The SMILES string of the molecule is Clc1ccc(-c2nc(-n3cncn3)oc2CCC2=NCCO2)cc1. The molecule has 122 valence electrons. The lowest BCUT2D eigenvalue weighted by Gasteiger charge is -2.02. The topological polar surface area (TPSA) is 78.3 Å². The zero-order chi connectivity index (χ0) is 16.4. The number of hydrogen-bond acceptors (Lipinski definition) is 6. The van der Waals surface area contributed by atoms with Crippen molar-refractivity contribution >= 4 is 17.5 Å². The highest BCUT2D eigenvalue weighted by Gasteiger charge is 2.18. The predicted octanol–water partition coefficient (Wildman–Crippen LogP) is 2.94. The first-order valence-corrected chi connectivity index (χ1v) is 7.94. The van der Waals surface area contributed by atoms with Gasteiger partial charge in [-0.2, -0.15) is 14.8 Å². The maximum atomic E-state index is 5.97. The monoisotopic (exact) mass is 343 g/mol. The van der Waals surface area contributed by atoms with E-state index < -0.39 is 0 Å². The van der Waals surface area contributed by atoms with E-state index in [9.17, 15) is 0 Å². The zero-order valence-electron chi connectivity index (χ0n) is 12.7. The Morgan fingerprint density at radius 3 is 2.75 bits per heavy atom. The number of benzene rings is 1. The molecule has 8 heteroatoms. The van der Waals surface area contributed by atoms with Crippen LogP contribution < -0.4 is 0 Å². The quantitative estimate of drug-likeness (QED) is 0.711. The summed E-state index contributed by atoms with van der Waals surface area (Å²) in [5.41, 5.74) is 1.69. The Bertz CT molecular complexity index is 855. The highest BCUT2D eigenvalue weighted by atomic mass is 35.5. The number of oxazole rings is 1. The molecule has 2 aromatic heterocycles. The number of nitrogens with zero attached hydrogens (tertiary/aromatic N) is 5. The second kappa shape index (κ2) is 6.45. The van der Waals surface area contributed by atoms with Crippen LogP contribution in [0.1, 0.15) is 12.2 Å². The summed E-state index contributed by atoms with van der Waals surface area (Å²) in [6, 6.07) is 7.86. The molecule has 0 bridgehead atoms. The fourth-order valence-corrected chi connectivity index (χ4v) is 2.62. The van der Waals surface area contributed by atoms with Crippen molar-refractivity contribution in [3.8, 4) is 17.3 Å². The van der Waals surface area contributed by atoms with Crippen molar-refractivity contribution in [3.63, 3.8) is 0 Å². The Kier molecular flexibility index (Phi) is 4.00. The van der Waals surface area contributed by atoms with Gasteiger partial charge in [0.25, 0.3) is 0 Å². The van der Waals surface area contributed by atoms with E-state index >= 15 is 0 Å². The molecule has 0 radical (unpaired) electrons. The Labute approximate surface area is 143 Å². The molecule has 0 fully saturated rings. The summed E-state index contributed by atoms with van der Waals surface area (Å²) in [5, 5.41) is 4.74. The molecule has 3 aromatic rings. The minimum atomic E-state index is 0.377. The van der Waals surface area contributed by atoms with Gasteiger partial charge in [-0.1, -0.05) is 23.7 Å². The molecule has 0 N–H and O–H groups in total. The lowest BCUT2D eigenvalue weighted by molar-refractivity contribution is 0.336. The summed E-state index contributed by atoms with van der Waals surface area (Å²) in [7, 11) is 0. The minimum Gasteiger partial charge on any atom is -0.479 e. The average Bonchev–Trinajstić information content (AvgIpc) is 3.34. The van der Waals surface area contributed by atoms with Gasteiger partial charge in [-0.3, -0.25) is 4.99 Å². The summed E-state index contributed by atoms with van der Waals surface area (Å²) in [6.45, 7) is 1.37. The number of ether oxygens (including phenoxy) is 1. The Balaban J connectivity index is 1.67. The van der Waals surface area contributed by atoms with Crippen LogP contribution in [0.5, 0.6) is 0 Å². The van der Waals surface area contributed by atoms with Crippen LogP contribution in [0.4, 0.5) is 0 Å². The van der Waals surface area contributed by atoms with Crippen LogP contribution in [-0.4, -0.2) is 38.8 Å². The molecule has 0 atom stereocenters. The lowest BCUT2D eigenvalue weighted by Crippen LogP contribution is -2.01. The second-order valence-corrected chi connectivity index (χ2v) is 5.68. The number of hydrogen-bond donors (Lipinski definition) is 0. The van der Waals surface area contributed by atoms with Crippen molar-refractivity contribution in [1.82, 2.24) is 19.7 Å². The molecule has 0 amide bonds. The summed E-state index contributed by atoms with van der Waals surface area (Å²) >= 11 is 5.97. The van der Waals surface area contributed by atoms with Crippen molar-refractivity contribution in [2.45, 2.75) is 12.8 Å². The highest BCUT2D eigenvalue weighted by Crippen LogP contribution is 2.28. The molecule has 0 saturated carbocycles. The van der Waals surface area contributed by atoms with Crippen LogP contribution in [0.3, 0.4) is 0 Å². The van der Waals surface area contributed by atoms with Crippen molar-refractivity contribution in [2.75, 3.05) is 13.2 Å². The number of aryl methyl sites for hydroxylation is 1. The first-order valence-electron chi connectivity index (χ1n) is 7.56. The predicted molar refractivity (Wildman–Crippen MR) is 88.4 cm³/mol. The second-order valence-electron chi connectivity index (χ2n) is 5.24. The van der Waals surface area contributed by atoms with E-state index in [1.165, 1.54) is 11.0 Å². The van der Waals surface area contributed by atoms with E-state index in [2.05, 4.69) is 20.1 Å². The Morgan fingerprint density at radius 2 is 2.04 bits per heavy atom. The Hall–Kier alpha value is -2.67. The molecule has 7 nitrogen and oxygen atoms in total. The number of aliphatic imine (C=N–C) groups is 1. The molecule has 4 rings (SSSR count). The standard InChI is InChI=1S/C16H14ClN5O2/c17-12-3-1-11(2-4-12)15-13(5-6-14-19-7-8-23-14)24-16(21-15)22-10-18-9-20-22/h1-4,9-10H,5-8H2. The van der Waals surface area contributed by atoms with E-state index in [0.29, 0.717) is 30.5 Å². The van der Waals surface area contributed by atoms with E-state index in [-0.39, 0.29) is 0 Å². The van der Waals surface area contributed by atoms with Gasteiger partial charge in [0.2, 0.25) is 0 Å². The molecule has 1 aliphatic rings. The largest absolute Gasteiger partial charge is 0.479 e. The average molecular weight is 344 g/mol. The van der Waals surface area contributed by atoms with Crippen LogP contribution in [-0.2, 0) is 11.2 Å². The molecule has 1 aromatic carbocycles. The minimum absolute atomic E-state index is 0.377. The molecular formula is C16H14ClN5O2. The van der Waals surface area contributed by atoms with Gasteiger partial charge in [0.05, 0.1) is 6.54 Å². The van der Waals surface area contributed by atoms with Crippen molar-refractivity contribution in [2.24, 2.45) is 4.99 Å². The van der Waals surface area contributed by atoms with Crippen LogP contribution in [0.2, 0.25) is 5.02 Å². The van der Waals surface area contributed by atoms with E-state index in [4.69, 9.17) is 20.8 Å². The van der Waals surface area contributed by atoms with Gasteiger partial charge in [-0.15, -0.1) is 0 Å². The molecule has 0 spiro atoms. The van der Waals surface area contributed by atoms with Crippen LogP contribution in [0.25, 0.3) is 17.3 Å². The smallest absolute Gasteiger partial charge is 0.325 e. The highest BCUT2D eigenvalue weighted by molar-refractivity contribution is 6.30. The van der Waals surface area contributed by atoms with Gasteiger partial charge in [-0.25, -0.2) is 4.98 Å². The zero-order valence-corrected chi connectivity index (χ0v) is 13.5. The summed E-state index contributed by atoms with van der Waals surface area (Å²) in [6.07, 6.45) is 4.30. The van der Waals surface area contributed by atoms with Gasteiger partial charge in [0, 0.05) is 23.4 Å².